The first kappa shape index (κ1) is 15.3. The molecule has 0 bridgehead atoms. The van der Waals surface area contributed by atoms with Crippen LogP contribution in [0, 0.1) is 0 Å². The van der Waals surface area contributed by atoms with Crippen molar-refractivity contribution in [3.63, 3.8) is 0 Å². The molecule has 2 nitrogen and oxygen atoms in total. The molecule has 0 unspecified atom stereocenters. The fourth-order valence-corrected chi connectivity index (χ4v) is 4.28. The van der Waals surface area contributed by atoms with E-state index in [0.717, 1.165) is 40.1 Å². The van der Waals surface area contributed by atoms with E-state index in [0.29, 0.717) is 0 Å². The molecule has 3 heteroatoms. The van der Waals surface area contributed by atoms with Gasteiger partial charge in [0.15, 0.2) is 0 Å². The van der Waals surface area contributed by atoms with Gasteiger partial charge in [-0.15, -0.1) is 11.8 Å². The first-order chi connectivity index (χ1) is 11.8. The van der Waals surface area contributed by atoms with Crippen LogP contribution in [0.15, 0.2) is 59.5 Å². The van der Waals surface area contributed by atoms with Crippen LogP contribution in [0.1, 0.15) is 28.4 Å². The Hall–Kier alpha value is -2.26. The number of carbonyl (C=O) groups excluding carboxylic acids is 1. The SMILES string of the molecule is CCSc1ccccc1C(=O)Nc1ccc2c3c(cccc13)CC2. The molecule has 1 N–H and O–H groups in total. The van der Waals surface area contributed by atoms with Crippen LogP contribution in [-0.2, 0) is 12.8 Å². The zero-order chi connectivity index (χ0) is 16.5. The van der Waals surface area contributed by atoms with Crippen LogP contribution in [0.4, 0.5) is 5.69 Å². The van der Waals surface area contributed by atoms with Crippen molar-refractivity contribution >= 4 is 34.1 Å². The summed E-state index contributed by atoms with van der Waals surface area (Å²) in [6, 6.07) is 18.4. The molecule has 3 aromatic rings. The average molecular weight is 333 g/mol. The maximum atomic E-state index is 12.8. The van der Waals surface area contributed by atoms with E-state index in [1.54, 1.807) is 11.8 Å². The topological polar surface area (TPSA) is 29.1 Å². The Morgan fingerprint density at radius 3 is 2.62 bits per heavy atom. The number of benzene rings is 3. The number of rotatable bonds is 4. The Bertz CT molecular complexity index is 922. The lowest BCUT2D eigenvalue weighted by molar-refractivity contribution is 0.102. The van der Waals surface area contributed by atoms with Crippen molar-refractivity contribution in [3.05, 3.63) is 71.3 Å². The second kappa shape index (κ2) is 6.33. The second-order valence-electron chi connectivity index (χ2n) is 6.00. The summed E-state index contributed by atoms with van der Waals surface area (Å²) in [5.41, 5.74) is 4.42. The molecule has 24 heavy (non-hydrogen) atoms. The molecule has 0 aromatic heterocycles. The van der Waals surface area contributed by atoms with Gasteiger partial charge in [0.25, 0.3) is 5.91 Å². The number of aryl methyl sites for hydroxylation is 2. The van der Waals surface area contributed by atoms with Gasteiger partial charge < -0.3 is 5.32 Å². The van der Waals surface area contributed by atoms with E-state index in [-0.39, 0.29) is 5.91 Å². The molecule has 1 aliphatic rings. The molecule has 0 heterocycles. The highest BCUT2D eigenvalue weighted by molar-refractivity contribution is 7.99. The van der Waals surface area contributed by atoms with Gasteiger partial charge in [-0.05, 0) is 53.3 Å². The summed E-state index contributed by atoms with van der Waals surface area (Å²) in [5.74, 6) is 0.913. The molecule has 0 atom stereocenters. The monoisotopic (exact) mass is 333 g/mol. The van der Waals surface area contributed by atoms with Crippen molar-refractivity contribution in [2.45, 2.75) is 24.7 Å². The smallest absolute Gasteiger partial charge is 0.256 e. The Labute approximate surface area is 146 Å². The number of hydrogen-bond acceptors (Lipinski definition) is 2. The molecule has 120 valence electrons. The lowest BCUT2D eigenvalue weighted by atomic mass is 10.0. The van der Waals surface area contributed by atoms with E-state index in [1.807, 2.05) is 30.3 Å². The van der Waals surface area contributed by atoms with Gasteiger partial charge in [0, 0.05) is 16.0 Å². The Kier molecular flexibility index (Phi) is 4.03. The van der Waals surface area contributed by atoms with Crippen LogP contribution in [0.25, 0.3) is 10.8 Å². The van der Waals surface area contributed by atoms with E-state index in [4.69, 9.17) is 0 Å². The van der Waals surface area contributed by atoms with Crippen LogP contribution < -0.4 is 5.32 Å². The fraction of sp³-hybridized carbons (Fsp3) is 0.190. The average Bonchev–Trinajstić information content (AvgIpc) is 3.03. The summed E-state index contributed by atoms with van der Waals surface area (Å²) in [6.45, 7) is 2.10. The molecular formula is C21H19NOS. The third-order valence-corrected chi connectivity index (χ3v) is 5.51. The predicted octanol–water partition coefficient (Wildman–Crippen LogP) is 5.30. The number of hydrogen-bond donors (Lipinski definition) is 1. The lowest BCUT2D eigenvalue weighted by Crippen LogP contribution is -2.13. The fourth-order valence-electron chi connectivity index (χ4n) is 3.48. The third kappa shape index (κ3) is 2.59. The molecule has 1 amide bonds. The lowest BCUT2D eigenvalue weighted by Gasteiger charge is -2.12. The van der Waals surface area contributed by atoms with Gasteiger partial charge in [-0.25, -0.2) is 0 Å². The first-order valence-electron chi connectivity index (χ1n) is 8.34. The highest BCUT2D eigenvalue weighted by Gasteiger charge is 2.17. The van der Waals surface area contributed by atoms with Crippen molar-refractivity contribution in [2.24, 2.45) is 0 Å². The van der Waals surface area contributed by atoms with Crippen LogP contribution in [0.3, 0.4) is 0 Å². The molecule has 3 aromatic carbocycles. The first-order valence-corrected chi connectivity index (χ1v) is 9.33. The Balaban J connectivity index is 1.72. The summed E-state index contributed by atoms with van der Waals surface area (Å²) < 4.78 is 0. The van der Waals surface area contributed by atoms with Gasteiger partial charge in [-0.2, -0.15) is 0 Å². The van der Waals surface area contributed by atoms with Crippen LogP contribution in [-0.4, -0.2) is 11.7 Å². The highest BCUT2D eigenvalue weighted by atomic mass is 32.2. The molecular weight excluding hydrogens is 314 g/mol. The quantitative estimate of drug-likeness (QED) is 0.656. The number of anilines is 1. The van der Waals surface area contributed by atoms with Crippen LogP contribution >= 0.6 is 11.8 Å². The van der Waals surface area contributed by atoms with Crippen LogP contribution in [0.5, 0.6) is 0 Å². The highest BCUT2D eigenvalue weighted by Crippen LogP contribution is 2.35. The largest absolute Gasteiger partial charge is 0.321 e. The van der Waals surface area contributed by atoms with Gasteiger partial charge in [0.2, 0.25) is 0 Å². The zero-order valence-corrected chi connectivity index (χ0v) is 14.5. The third-order valence-electron chi connectivity index (χ3n) is 4.56. The minimum Gasteiger partial charge on any atom is -0.321 e. The Morgan fingerprint density at radius 2 is 1.79 bits per heavy atom. The Morgan fingerprint density at radius 1 is 1.00 bits per heavy atom. The van der Waals surface area contributed by atoms with Crippen molar-refractivity contribution in [1.82, 2.24) is 0 Å². The zero-order valence-electron chi connectivity index (χ0n) is 13.6. The molecule has 0 saturated carbocycles. The van der Waals surface area contributed by atoms with Crippen LogP contribution in [0.2, 0.25) is 0 Å². The normalized spacial score (nSPS) is 12.5. The molecule has 0 fully saturated rings. The molecule has 4 rings (SSSR count). The molecule has 0 saturated heterocycles. The number of carbonyl (C=O) groups is 1. The van der Waals surface area contributed by atoms with E-state index >= 15 is 0 Å². The van der Waals surface area contributed by atoms with Gasteiger partial charge in [0.05, 0.1) is 5.56 Å². The minimum atomic E-state index is -0.0368. The van der Waals surface area contributed by atoms with E-state index < -0.39 is 0 Å². The van der Waals surface area contributed by atoms with Gasteiger partial charge in [-0.1, -0.05) is 43.3 Å². The maximum absolute atomic E-state index is 12.8. The van der Waals surface area contributed by atoms with Crippen molar-refractivity contribution in [1.29, 1.82) is 0 Å². The van der Waals surface area contributed by atoms with Gasteiger partial charge in [0.1, 0.15) is 0 Å². The van der Waals surface area contributed by atoms with E-state index in [2.05, 4.69) is 36.5 Å². The summed E-state index contributed by atoms with van der Waals surface area (Å²) in [7, 11) is 0. The van der Waals surface area contributed by atoms with E-state index in [9.17, 15) is 4.79 Å². The predicted molar refractivity (Wildman–Crippen MR) is 102 cm³/mol. The van der Waals surface area contributed by atoms with Gasteiger partial charge >= 0.3 is 0 Å². The standard InChI is InChI=1S/C21H19NOS/c1-2-24-19-9-4-3-7-17(19)21(23)22-18-13-12-15-11-10-14-6-5-8-16(18)20(14)15/h3-9,12-13H,2,10-11H2,1H3,(H,22,23). The molecule has 0 aliphatic heterocycles. The molecule has 0 spiro atoms. The second-order valence-corrected chi connectivity index (χ2v) is 7.30. The minimum absolute atomic E-state index is 0.0368. The number of thioether (sulfide) groups is 1. The summed E-state index contributed by atoms with van der Waals surface area (Å²) >= 11 is 1.70. The molecule has 0 radical (unpaired) electrons. The maximum Gasteiger partial charge on any atom is 0.256 e. The van der Waals surface area contributed by atoms with Crippen molar-refractivity contribution in [3.8, 4) is 0 Å². The van der Waals surface area contributed by atoms with E-state index in [1.165, 1.54) is 16.5 Å². The number of amides is 1. The van der Waals surface area contributed by atoms with Gasteiger partial charge in [-0.3, -0.25) is 4.79 Å². The number of nitrogens with one attached hydrogen (secondary N) is 1. The summed E-state index contributed by atoms with van der Waals surface area (Å²) in [5, 5.41) is 5.60. The van der Waals surface area contributed by atoms with Crippen molar-refractivity contribution < 1.29 is 4.79 Å². The molecule has 1 aliphatic carbocycles. The van der Waals surface area contributed by atoms with Crippen molar-refractivity contribution in [2.75, 3.05) is 11.1 Å². The summed E-state index contributed by atoms with van der Waals surface area (Å²) in [4.78, 5) is 13.8. The summed E-state index contributed by atoms with van der Waals surface area (Å²) in [6.07, 6.45) is 2.19.